The van der Waals surface area contributed by atoms with Crippen molar-refractivity contribution in [2.24, 2.45) is 0 Å². The Bertz CT molecular complexity index is 683. The molecule has 1 aliphatic heterocycles. The van der Waals surface area contributed by atoms with Crippen LogP contribution in [0.4, 0.5) is 4.79 Å². The molecule has 0 aromatic heterocycles. The number of Topliss-reactive ketones (excluding diaryl/α,β-unsaturated/α-hetero) is 1. The fourth-order valence-corrected chi connectivity index (χ4v) is 2.26. The lowest BCUT2D eigenvalue weighted by Gasteiger charge is -2.13. The summed E-state index contributed by atoms with van der Waals surface area (Å²) < 4.78 is 4.89. The van der Waals surface area contributed by atoms with Crippen molar-refractivity contribution in [1.82, 2.24) is 9.80 Å². The Morgan fingerprint density at radius 3 is 2.52 bits per heavy atom. The van der Waals surface area contributed by atoms with Gasteiger partial charge in [0.25, 0.3) is 5.91 Å². The van der Waals surface area contributed by atoms with E-state index < -0.39 is 31.1 Å². The number of ketones is 1. The van der Waals surface area contributed by atoms with Gasteiger partial charge < -0.3 is 9.64 Å². The SMILES string of the molecule is Cc1ccc(C)c(C(=O)COC(=O)CN2C(=O)CN(C)C2=O)c1. The van der Waals surface area contributed by atoms with E-state index >= 15 is 0 Å². The van der Waals surface area contributed by atoms with Crippen LogP contribution in [0.25, 0.3) is 0 Å². The van der Waals surface area contributed by atoms with Crippen LogP contribution in [0.15, 0.2) is 18.2 Å². The second-order valence-electron chi connectivity index (χ2n) is 5.52. The molecule has 2 rings (SSSR count). The molecule has 7 nitrogen and oxygen atoms in total. The number of aryl methyl sites for hydroxylation is 2. The Kier molecular flexibility index (Phi) is 4.78. The van der Waals surface area contributed by atoms with Crippen LogP contribution >= 0.6 is 0 Å². The summed E-state index contributed by atoms with van der Waals surface area (Å²) in [6.45, 7) is 2.69. The summed E-state index contributed by atoms with van der Waals surface area (Å²) in [5.74, 6) is -1.58. The highest BCUT2D eigenvalue weighted by Crippen LogP contribution is 2.12. The second-order valence-corrected chi connectivity index (χ2v) is 5.52. The standard InChI is InChI=1S/C16H18N2O5/c1-10-4-5-11(2)12(6-10)13(19)9-23-15(21)8-18-14(20)7-17(3)16(18)22/h4-6H,7-9H2,1-3H3. The fraction of sp³-hybridized carbons (Fsp3) is 0.375. The summed E-state index contributed by atoms with van der Waals surface area (Å²) >= 11 is 0. The molecule has 0 bridgehead atoms. The fourth-order valence-electron chi connectivity index (χ4n) is 2.26. The van der Waals surface area contributed by atoms with Crippen LogP contribution in [-0.2, 0) is 14.3 Å². The third-order valence-corrected chi connectivity index (χ3v) is 3.58. The Morgan fingerprint density at radius 1 is 1.22 bits per heavy atom. The average Bonchev–Trinajstić information content (AvgIpc) is 2.73. The van der Waals surface area contributed by atoms with Crippen molar-refractivity contribution in [2.75, 3.05) is 26.7 Å². The molecular weight excluding hydrogens is 300 g/mol. The zero-order valence-electron chi connectivity index (χ0n) is 13.3. The molecule has 23 heavy (non-hydrogen) atoms. The van der Waals surface area contributed by atoms with Gasteiger partial charge in [0.2, 0.25) is 5.78 Å². The van der Waals surface area contributed by atoms with Crippen LogP contribution < -0.4 is 0 Å². The Labute approximate surface area is 133 Å². The third kappa shape index (κ3) is 3.74. The van der Waals surface area contributed by atoms with Crippen molar-refractivity contribution in [3.63, 3.8) is 0 Å². The number of hydrogen-bond acceptors (Lipinski definition) is 5. The number of benzene rings is 1. The van der Waals surface area contributed by atoms with Crippen molar-refractivity contribution in [3.05, 3.63) is 34.9 Å². The number of esters is 1. The molecule has 0 unspecified atom stereocenters. The van der Waals surface area contributed by atoms with Crippen molar-refractivity contribution in [3.8, 4) is 0 Å². The predicted molar refractivity (Wildman–Crippen MR) is 80.9 cm³/mol. The number of likely N-dealkylation sites (N-methyl/N-ethyl adjacent to an activating group) is 1. The maximum atomic E-state index is 12.1. The van der Waals surface area contributed by atoms with Crippen molar-refractivity contribution in [2.45, 2.75) is 13.8 Å². The zero-order valence-corrected chi connectivity index (χ0v) is 13.3. The smallest absolute Gasteiger partial charge is 0.327 e. The monoisotopic (exact) mass is 318 g/mol. The molecule has 0 spiro atoms. The first-order chi connectivity index (χ1) is 10.8. The van der Waals surface area contributed by atoms with Crippen LogP contribution in [-0.4, -0.2) is 60.2 Å². The van der Waals surface area contributed by atoms with E-state index in [0.29, 0.717) is 5.56 Å². The first-order valence-corrected chi connectivity index (χ1v) is 7.11. The third-order valence-electron chi connectivity index (χ3n) is 3.58. The molecule has 1 saturated heterocycles. The molecule has 1 aliphatic rings. The number of urea groups is 1. The molecule has 122 valence electrons. The predicted octanol–water partition coefficient (Wildman–Crippen LogP) is 0.923. The van der Waals surface area contributed by atoms with E-state index in [-0.39, 0.29) is 12.3 Å². The molecule has 3 amide bonds. The lowest BCUT2D eigenvalue weighted by molar-refractivity contribution is -0.145. The number of ether oxygens (including phenoxy) is 1. The summed E-state index contributed by atoms with van der Waals surface area (Å²) in [7, 11) is 1.47. The highest BCUT2D eigenvalue weighted by Gasteiger charge is 2.35. The largest absolute Gasteiger partial charge is 0.456 e. The van der Waals surface area contributed by atoms with E-state index in [2.05, 4.69) is 0 Å². The van der Waals surface area contributed by atoms with Crippen molar-refractivity contribution in [1.29, 1.82) is 0 Å². The quantitative estimate of drug-likeness (QED) is 0.458. The molecule has 0 radical (unpaired) electrons. The van der Waals surface area contributed by atoms with Crippen LogP contribution in [0.5, 0.6) is 0 Å². The Hall–Kier alpha value is -2.70. The summed E-state index contributed by atoms with van der Waals surface area (Å²) in [5.41, 5.74) is 2.22. The van der Waals surface area contributed by atoms with Crippen LogP contribution in [0, 0.1) is 13.8 Å². The van der Waals surface area contributed by atoms with Crippen molar-refractivity contribution < 1.29 is 23.9 Å². The minimum absolute atomic E-state index is 0.0620. The summed E-state index contributed by atoms with van der Waals surface area (Å²) in [4.78, 5) is 49.1. The summed E-state index contributed by atoms with van der Waals surface area (Å²) in [5, 5.41) is 0. The van der Waals surface area contributed by atoms with Crippen LogP contribution in [0.3, 0.4) is 0 Å². The van der Waals surface area contributed by atoms with Gasteiger partial charge in [0, 0.05) is 12.6 Å². The highest BCUT2D eigenvalue weighted by atomic mass is 16.5. The number of imide groups is 1. The molecule has 1 heterocycles. The average molecular weight is 318 g/mol. The van der Waals surface area contributed by atoms with Gasteiger partial charge in [-0.25, -0.2) is 4.79 Å². The van der Waals surface area contributed by atoms with E-state index in [9.17, 15) is 19.2 Å². The van der Waals surface area contributed by atoms with E-state index in [1.54, 1.807) is 13.0 Å². The maximum Gasteiger partial charge on any atom is 0.327 e. The van der Waals surface area contributed by atoms with E-state index in [0.717, 1.165) is 16.0 Å². The maximum absolute atomic E-state index is 12.1. The second kappa shape index (κ2) is 6.60. The van der Waals surface area contributed by atoms with Gasteiger partial charge >= 0.3 is 12.0 Å². The van der Waals surface area contributed by atoms with Gasteiger partial charge in [0.15, 0.2) is 6.61 Å². The lowest BCUT2D eigenvalue weighted by Crippen LogP contribution is -2.37. The van der Waals surface area contributed by atoms with Crippen LogP contribution in [0.2, 0.25) is 0 Å². The lowest BCUT2D eigenvalue weighted by atomic mass is 10.0. The molecular formula is C16H18N2O5. The number of nitrogens with zero attached hydrogens (tertiary/aromatic N) is 2. The summed E-state index contributed by atoms with van der Waals surface area (Å²) in [6, 6.07) is 4.89. The van der Waals surface area contributed by atoms with Gasteiger partial charge in [-0.3, -0.25) is 19.3 Å². The molecule has 0 atom stereocenters. The van der Waals surface area contributed by atoms with Gasteiger partial charge in [0.1, 0.15) is 13.1 Å². The Morgan fingerprint density at radius 2 is 1.91 bits per heavy atom. The Balaban J connectivity index is 1.92. The van der Waals surface area contributed by atoms with Crippen LogP contribution in [0.1, 0.15) is 21.5 Å². The van der Waals surface area contributed by atoms with Gasteiger partial charge in [-0.15, -0.1) is 0 Å². The molecule has 1 fully saturated rings. The molecule has 7 heteroatoms. The highest BCUT2D eigenvalue weighted by molar-refractivity contribution is 6.04. The van der Waals surface area contributed by atoms with E-state index in [1.165, 1.54) is 11.9 Å². The number of carbonyl (C=O) groups is 4. The number of rotatable bonds is 5. The topological polar surface area (TPSA) is 84.0 Å². The minimum atomic E-state index is -0.791. The molecule has 1 aromatic rings. The molecule has 0 saturated carbocycles. The summed E-state index contributed by atoms with van der Waals surface area (Å²) in [6.07, 6.45) is 0. The van der Waals surface area contributed by atoms with Gasteiger partial charge in [-0.1, -0.05) is 17.7 Å². The molecule has 0 N–H and O–H groups in total. The van der Waals surface area contributed by atoms with Gasteiger partial charge in [0.05, 0.1) is 0 Å². The normalized spacial score (nSPS) is 14.4. The number of hydrogen-bond donors (Lipinski definition) is 0. The zero-order chi connectivity index (χ0) is 17.1. The van der Waals surface area contributed by atoms with Gasteiger partial charge in [-0.2, -0.15) is 0 Å². The van der Waals surface area contributed by atoms with Crippen molar-refractivity contribution >= 4 is 23.7 Å². The molecule has 0 aliphatic carbocycles. The first-order valence-electron chi connectivity index (χ1n) is 7.11. The molecule has 1 aromatic carbocycles. The number of carbonyl (C=O) groups excluding carboxylic acids is 4. The first kappa shape index (κ1) is 16.7. The van der Waals surface area contributed by atoms with E-state index in [1.807, 2.05) is 19.1 Å². The minimum Gasteiger partial charge on any atom is -0.456 e. The van der Waals surface area contributed by atoms with Gasteiger partial charge in [-0.05, 0) is 25.5 Å². The van der Waals surface area contributed by atoms with E-state index in [4.69, 9.17) is 4.74 Å². The number of amides is 3.